The Bertz CT molecular complexity index is 1490. The first-order valence-electron chi connectivity index (χ1n) is 14.9. The normalized spacial score (nSPS) is 23.1. The van der Waals surface area contributed by atoms with Gasteiger partial charge in [0.1, 0.15) is 17.6 Å². The van der Waals surface area contributed by atoms with Crippen molar-refractivity contribution in [1.29, 1.82) is 0 Å². The second kappa shape index (κ2) is 11.2. The average Bonchev–Trinajstić information content (AvgIpc) is 3.46. The number of carbonyl (C=O) groups excluding carboxylic acids is 2. The Balaban J connectivity index is 1.25. The van der Waals surface area contributed by atoms with Gasteiger partial charge in [-0.1, -0.05) is 6.07 Å². The number of imidazole rings is 1. The molecule has 1 unspecified atom stereocenters. The third-order valence-electron chi connectivity index (χ3n) is 8.59. The molecule has 3 N–H and O–H groups in total. The van der Waals surface area contributed by atoms with E-state index in [4.69, 9.17) is 4.74 Å². The molecule has 2 amide bonds. The maximum absolute atomic E-state index is 14.5. The van der Waals surface area contributed by atoms with Crippen molar-refractivity contribution >= 4 is 22.8 Å². The van der Waals surface area contributed by atoms with E-state index in [9.17, 15) is 27.2 Å². The molecule has 2 saturated carbocycles. The van der Waals surface area contributed by atoms with Crippen LogP contribution >= 0.6 is 0 Å². The zero-order valence-corrected chi connectivity index (χ0v) is 24.1. The Morgan fingerprint density at radius 3 is 2.51 bits per heavy atom. The molecule has 232 valence electrons. The number of carbonyl (C=O) groups is 2. The Labute approximate surface area is 246 Å². The van der Waals surface area contributed by atoms with Gasteiger partial charge in [0.15, 0.2) is 0 Å². The Hall–Kier alpha value is -3.48. The highest BCUT2D eigenvalue weighted by Crippen LogP contribution is 2.45. The fourth-order valence-corrected chi connectivity index (χ4v) is 6.20. The van der Waals surface area contributed by atoms with Crippen LogP contribution in [0.25, 0.3) is 11.0 Å². The highest BCUT2D eigenvalue weighted by molar-refractivity contribution is 5.93. The number of aromatic nitrogens is 4. The van der Waals surface area contributed by atoms with E-state index in [-0.39, 0.29) is 67.2 Å². The first-order chi connectivity index (χ1) is 20.4. The van der Waals surface area contributed by atoms with Crippen LogP contribution in [0, 0.1) is 11.8 Å². The highest BCUT2D eigenvalue weighted by Gasteiger charge is 2.46. The number of hydrogen-bond acceptors (Lipinski definition) is 5. The molecule has 1 aromatic carbocycles. The van der Waals surface area contributed by atoms with E-state index in [1.54, 1.807) is 16.8 Å². The first kappa shape index (κ1) is 29.6. The maximum atomic E-state index is 14.5. The van der Waals surface area contributed by atoms with Gasteiger partial charge < -0.3 is 20.4 Å². The standard InChI is InChI=1S/C30H36F4N6O3/c1-16(2)40-22(7-9-35-40)28(42)39-26(23-15-29(31,32)8-10-43-23)27-36-20-6-5-19(12-21(20)37-27)25(18-3-4-18)38-24(41)11-17-13-30(33,34)14-17/h5-7,9,12,16-18,23,25-26H,3-4,8,10-11,13-15H2,1-2H3,(H,36,37)(H,38,41)(H,39,42)/t23-,25?,26-/m0/s1. The van der Waals surface area contributed by atoms with Crippen molar-refractivity contribution in [3.8, 4) is 0 Å². The predicted molar refractivity (Wildman–Crippen MR) is 149 cm³/mol. The van der Waals surface area contributed by atoms with Crippen LogP contribution in [-0.2, 0) is 9.53 Å². The van der Waals surface area contributed by atoms with E-state index in [1.807, 2.05) is 26.0 Å². The Morgan fingerprint density at radius 1 is 1.07 bits per heavy atom. The summed E-state index contributed by atoms with van der Waals surface area (Å²) in [4.78, 5) is 33.9. The van der Waals surface area contributed by atoms with E-state index in [0.29, 0.717) is 11.0 Å². The minimum Gasteiger partial charge on any atom is -0.375 e. The number of nitrogens with one attached hydrogen (secondary N) is 3. The summed E-state index contributed by atoms with van der Waals surface area (Å²) in [6.07, 6.45) is 0.933. The van der Waals surface area contributed by atoms with Gasteiger partial charge in [0.25, 0.3) is 11.8 Å². The molecule has 9 nitrogen and oxygen atoms in total. The van der Waals surface area contributed by atoms with Gasteiger partial charge in [-0.25, -0.2) is 22.5 Å². The summed E-state index contributed by atoms with van der Waals surface area (Å²) >= 11 is 0. The van der Waals surface area contributed by atoms with Gasteiger partial charge in [-0.15, -0.1) is 0 Å². The minimum atomic E-state index is -2.95. The Kier molecular flexibility index (Phi) is 7.72. The number of hydrogen-bond donors (Lipinski definition) is 3. The van der Waals surface area contributed by atoms with Gasteiger partial charge in [-0.2, -0.15) is 5.10 Å². The molecule has 3 fully saturated rings. The first-order valence-corrected chi connectivity index (χ1v) is 14.9. The lowest BCUT2D eigenvalue weighted by atomic mass is 9.79. The monoisotopic (exact) mass is 604 g/mol. The second-order valence-corrected chi connectivity index (χ2v) is 12.5. The van der Waals surface area contributed by atoms with Crippen LogP contribution in [0.1, 0.15) is 98.8 Å². The van der Waals surface area contributed by atoms with Crippen molar-refractivity contribution < 1.29 is 31.9 Å². The molecule has 3 atom stereocenters. The predicted octanol–water partition coefficient (Wildman–Crippen LogP) is 5.63. The van der Waals surface area contributed by atoms with Gasteiger partial charge in [0.05, 0.1) is 29.8 Å². The van der Waals surface area contributed by atoms with E-state index >= 15 is 0 Å². The molecule has 3 aromatic rings. The molecular weight excluding hydrogens is 568 g/mol. The van der Waals surface area contributed by atoms with E-state index in [2.05, 4.69) is 25.7 Å². The molecule has 3 aliphatic rings. The number of halogens is 4. The van der Waals surface area contributed by atoms with E-state index < -0.39 is 42.7 Å². The van der Waals surface area contributed by atoms with Crippen molar-refractivity contribution in [2.45, 2.75) is 94.9 Å². The summed E-state index contributed by atoms with van der Waals surface area (Å²) in [6.45, 7) is 3.61. The van der Waals surface area contributed by atoms with Crippen LogP contribution in [0.15, 0.2) is 30.5 Å². The summed E-state index contributed by atoms with van der Waals surface area (Å²) in [5, 5.41) is 10.1. The largest absolute Gasteiger partial charge is 0.375 e. The van der Waals surface area contributed by atoms with Crippen LogP contribution in [0.5, 0.6) is 0 Å². The lowest BCUT2D eigenvalue weighted by molar-refractivity contribution is -0.136. The number of benzene rings is 1. The van der Waals surface area contributed by atoms with Crippen LogP contribution in [0.4, 0.5) is 17.6 Å². The van der Waals surface area contributed by atoms with Crippen LogP contribution in [-0.4, -0.2) is 56.1 Å². The third-order valence-corrected chi connectivity index (χ3v) is 8.59. The molecule has 2 aromatic heterocycles. The van der Waals surface area contributed by atoms with Gasteiger partial charge in [-0.3, -0.25) is 14.3 Å². The van der Waals surface area contributed by atoms with Crippen molar-refractivity contribution in [3.63, 3.8) is 0 Å². The quantitative estimate of drug-likeness (QED) is 0.260. The molecule has 0 bridgehead atoms. The Morgan fingerprint density at radius 2 is 1.84 bits per heavy atom. The van der Waals surface area contributed by atoms with E-state index in [0.717, 1.165) is 18.4 Å². The number of aromatic amines is 1. The van der Waals surface area contributed by atoms with Gasteiger partial charge in [0.2, 0.25) is 11.8 Å². The lowest BCUT2D eigenvalue weighted by Crippen LogP contribution is -2.45. The zero-order chi connectivity index (χ0) is 30.5. The molecule has 2 aliphatic carbocycles. The van der Waals surface area contributed by atoms with Gasteiger partial charge in [0, 0.05) is 44.3 Å². The molecule has 43 heavy (non-hydrogen) atoms. The fourth-order valence-electron chi connectivity index (χ4n) is 6.20. The summed E-state index contributed by atoms with van der Waals surface area (Å²) in [5.74, 6) is -6.16. The summed E-state index contributed by atoms with van der Waals surface area (Å²) in [5.41, 5.74) is 2.29. The van der Waals surface area contributed by atoms with Gasteiger partial charge in [-0.05, 0) is 62.3 Å². The average molecular weight is 605 g/mol. The third kappa shape index (κ3) is 6.56. The molecule has 6 rings (SSSR count). The molecule has 0 radical (unpaired) electrons. The highest BCUT2D eigenvalue weighted by atomic mass is 19.3. The number of alkyl halides is 4. The minimum absolute atomic E-state index is 0.0678. The number of H-pyrrole nitrogens is 1. The molecule has 1 saturated heterocycles. The topological polar surface area (TPSA) is 114 Å². The van der Waals surface area contributed by atoms with Crippen LogP contribution < -0.4 is 10.6 Å². The molecule has 1 aliphatic heterocycles. The van der Waals surface area contributed by atoms with Crippen LogP contribution in [0.3, 0.4) is 0 Å². The lowest BCUT2D eigenvalue weighted by Gasteiger charge is -2.34. The summed E-state index contributed by atoms with van der Waals surface area (Å²) in [7, 11) is 0. The molecule has 0 spiro atoms. The van der Waals surface area contributed by atoms with Crippen molar-refractivity contribution in [3.05, 3.63) is 47.5 Å². The fraction of sp³-hybridized carbons (Fsp3) is 0.600. The smallest absolute Gasteiger partial charge is 0.270 e. The number of fused-ring (bicyclic) bond motifs is 1. The zero-order valence-electron chi connectivity index (χ0n) is 24.1. The van der Waals surface area contributed by atoms with Crippen LogP contribution in [0.2, 0.25) is 0 Å². The molecule has 13 heteroatoms. The second-order valence-electron chi connectivity index (χ2n) is 12.5. The summed E-state index contributed by atoms with van der Waals surface area (Å²) < 4.78 is 62.8. The van der Waals surface area contributed by atoms with E-state index in [1.165, 1.54) is 6.20 Å². The SMILES string of the molecule is CC(C)n1nccc1C(=O)N[C@H](c1nc2ccc(C(NC(=O)CC3CC(F)(F)C3)C3CC3)cc2[nH]1)[C@@H]1CC(F)(F)CCO1. The number of nitrogens with zero attached hydrogens (tertiary/aromatic N) is 3. The maximum Gasteiger partial charge on any atom is 0.270 e. The van der Waals surface area contributed by atoms with Crippen molar-refractivity contribution in [2.24, 2.45) is 11.8 Å². The molecule has 3 heterocycles. The van der Waals surface area contributed by atoms with Crippen molar-refractivity contribution in [2.75, 3.05) is 6.61 Å². The number of rotatable bonds is 10. The number of amides is 2. The number of ether oxygens (including phenoxy) is 1. The molecular formula is C30H36F4N6O3. The van der Waals surface area contributed by atoms with Gasteiger partial charge >= 0.3 is 0 Å². The summed E-state index contributed by atoms with van der Waals surface area (Å²) in [6, 6.07) is 5.69. The van der Waals surface area contributed by atoms with Crippen molar-refractivity contribution in [1.82, 2.24) is 30.4 Å².